The zero-order chi connectivity index (χ0) is 8.85. The van der Waals surface area contributed by atoms with Gasteiger partial charge in [-0.15, -0.1) is 23.2 Å². The fraction of sp³-hybridized carbons (Fsp3) is 1.00. The third kappa shape index (κ3) is 4.89. The van der Waals surface area contributed by atoms with Crippen LogP contribution in [0.3, 0.4) is 0 Å². The molecule has 0 heterocycles. The van der Waals surface area contributed by atoms with Crippen molar-refractivity contribution in [2.75, 3.05) is 5.88 Å². The van der Waals surface area contributed by atoms with Gasteiger partial charge in [0.1, 0.15) is 0 Å². The minimum Gasteiger partial charge on any atom is -0.393 e. The summed E-state index contributed by atoms with van der Waals surface area (Å²) in [7, 11) is 0. The van der Waals surface area contributed by atoms with Crippen molar-refractivity contribution >= 4 is 23.2 Å². The van der Waals surface area contributed by atoms with Crippen molar-refractivity contribution in [3.05, 3.63) is 0 Å². The highest BCUT2D eigenvalue weighted by Gasteiger charge is 2.15. The Balaban J connectivity index is 3.58. The molecule has 0 aliphatic carbocycles. The maximum atomic E-state index is 9.48. The minimum atomic E-state index is -0.304. The molecule has 68 valence electrons. The van der Waals surface area contributed by atoms with Gasteiger partial charge in [0.2, 0.25) is 0 Å². The average Bonchev–Trinajstić information content (AvgIpc) is 2.02. The Morgan fingerprint density at radius 2 is 2.00 bits per heavy atom. The average molecular weight is 199 g/mol. The van der Waals surface area contributed by atoms with Crippen LogP contribution in [-0.4, -0.2) is 22.5 Å². The molecule has 3 heteroatoms. The molecule has 0 saturated heterocycles. The van der Waals surface area contributed by atoms with Gasteiger partial charge in [0, 0.05) is 11.3 Å². The van der Waals surface area contributed by atoms with E-state index in [2.05, 4.69) is 6.92 Å². The summed E-state index contributed by atoms with van der Waals surface area (Å²) in [6.45, 7) is 4.07. The van der Waals surface area contributed by atoms with E-state index in [9.17, 15) is 5.11 Å². The molecule has 1 nitrogen and oxygen atoms in total. The minimum absolute atomic E-state index is 0.0966. The highest BCUT2D eigenvalue weighted by molar-refractivity contribution is 6.28. The van der Waals surface area contributed by atoms with E-state index in [0.717, 1.165) is 6.42 Å². The van der Waals surface area contributed by atoms with E-state index in [1.165, 1.54) is 0 Å². The summed E-state index contributed by atoms with van der Waals surface area (Å²) in [5, 5.41) is 9.38. The molecule has 3 atom stereocenters. The second-order valence-electron chi connectivity index (χ2n) is 2.94. The molecule has 0 amide bonds. The van der Waals surface area contributed by atoms with Crippen LogP contribution in [0.15, 0.2) is 0 Å². The summed E-state index contributed by atoms with van der Waals surface area (Å²) in [5.41, 5.74) is 0. The number of hydrogen-bond acceptors (Lipinski definition) is 1. The molecule has 0 aliphatic heterocycles. The lowest BCUT2D eigenvalue weighted by Gasteiger charge is -2.18. The molecule has 0 rings (SSSR count). The van der Waals surface area contributed by atoms with E-state index >= 15 is 0 Å². The van der Waals surface area contributed by atoms with Gasteiger partial charge >= 0.3 is 0 Å². The molecule has 0 fully saturated rings. The molecular weight excluding hydrogens is 183 g/mol. The topological polar surface area (TPSA) is 20.2 Å². The maximum Gasteiger partial charge on any atom is 0.0580 e. The van der Waals surface area contributed by atoms with Crippen LogP contribution in [0.2, 0.25) is 0 Å². The normalized spacial score (nSPS) is 19.4. The summed E-state index contributed by atoms with van der Waals surface area (Å²) < 4.78 is 0. The number of alkyl halides is 2. The molecule has 0 aromatic heterocycles. The molecule has 1 N–H and O–H groups in total. The molecule has 0 bridgehead atoms. The zero-order valence-electron chi connectivity index (χ0n) is 7.06. The van der Waals surface area contributed by atoms with Gasteiger partial charge in [0.25, 0.3) is 0 Å². The highest BCUT2D eigenvalue weighted by Crippen LogP contribution is 2.16. The monoisotopic (exact) mass is 198 g/mol. The summed E-state index contributed by atoms with van der Waals surface area (Å²) in [6.07, 6.45) is 1.27. The van der Waals surface area contributed by atoms with Crippen LogP contribution in [0, 0.1) is 5.92 Å². The number of aliphatic hydroxyl groups is 1. The summed E-state index contributed by atoms with van der Waals surface area (Å²) in [6, 6.07) is 0. The Hall–Kier alpha value is 0.540. The van der Waals surface area contributed by atoms with E-state index in [0.29, 0.717) is 18.2 Å². The molecule has 3 unspecified atom stereocenters. The van der Waals surface area contributed by atoms with E-state index in [1.54, 1.807) is 0 Å². The Morgan fingerprint density at radius 1 is 1.45 bits per heavy atom. The standard InChI is InChI=1S/C8H16Cl2O/c1-3-6(2)8(11)4-7(10)5-9/h6-8,11H,3-5H2,1-2H3. The van der Waals surface area contributed by atoms with Crippen LogP contribution < -0.4 is 0 Å². The molecular formula is C8H16Cl2O. The van der Waals surface area contributed by atoms with Crippen molar-refractivity contribution in [3.8, 4) is 0 Å². The van der Waals surface area contributed by atoms with Crippen LogP contribution in [-0.2, 0) is 0 Å². The summed E-state index contributed by atoms with van der Waals surface area (Å²) >= 11 is 11.3. The molecule has 0 aromatic rings. The van der Waals surface area contributed by atoms with E-state index in [4.69, 9.17) is 23.2 Å². The van der Waals surface area contributed by atoms with Gasteiger partial charge in [-0.25, -0.2) is 0 Å². The van der Waals surface area contributed by atoms with Gasteiger partial charge in [0.15, 0.2) is 0 Å². The number of hydrogen-bond donors (Lipinski definition) is 1. The molecule has 0 radical (unpaired) electrons. The summed E-state index contributed by atoms with van der Waals surface area (Å²) in [5.74, 6) is 0.731. The van der Waals surface area contributed by atoms with Crippen LogP contribution in [0.1, 0.15) is 26.7 Å². The molecule has 11 heavy (non-hydrogen) atoms. The Morgan fingerprint density at radius 3 is 2.36 bits per heavy atom. The SMILES string of the molecule is CCC(C)C(O)CC(Cl)CCl. The van der Waals surface area contributed by atoms with Crippen molar-refractivity contribution in [2.24, 2.45) is 5.92 Å². The van der Waals surface area contributed by atoms with Crippen LogP contribution in [0.25, 0.3) is 0 Å². The van der Waals surface area contributed by atoms with Crippen molar-refractivity contribution in [3.63, 3.8) is 0 Å². The van der Waals surface area contributed by atoms with Gasteiger partial charge in [-0.2, -0.15) is 0 Å². The van der Waals surface area contributed by atoms with Gasteiger partial charge in [-0.05, 0) is 12.3 Å². The fourth-order valence-corrected chi connectivity index (χ4v) is 1.14. The maximum absolute atomic E-state index is 9.48. The van der Waals surface area contributed by atoms with Crippen LogP contribution >= 0.6 is 23.2 Å². The zero-order valence-corrected chi connectivity index (χ0v) is 8.57. The van der Waals surface area contributed by atoms with Crippen molar-refractivity contribution in [2.45, 2.75) is 38.2 Å². The first-order chi connectivity index (χ1) is 5.11. The largest absolute Gasteiger partial charge is 0.393 e. The number of halogens is 2. The molecule has 0 aliphatic rings. The fourth-order valence-electron chi connectivity index (χ4n) is 0.829. The predicted octanol–water partition coefficient (Wildman–Crippen LogP) is 2.63. The van der Waals surface area contributed by atoms with Crippen molar-refractivity contribution in [1.29, 1.82) is 0 Å². The molecule has 0 saturated carbocycles. The first-order valence-electron chi connectivity index (χ1n) is 3.99. The van der Waals surface area contributed by atoms with Gasteiger partial charge < -0.3 is 5.11 Å². The predicted molar refractivity (Wildman–Crippen MR) is 50.4 cm³/mol. The lowest BCUT2D eigenvalue weighted by molar-refractivity contribution is 0.106. The first kappa shape index (κ1) is 11.5. The van der Waals surface area contributed by atoms with Crippen LogP contribution in [0.5, 0.6) is 0 Å². The van der Waals surface area contributed by atoms with Crippen LogP contribution in [0.4, 0.5) is 0 Å². The lowest BCUT2D eigenvalue weighted by Crippen LogP contribution is -2.21. The second kappa shape index (κ2) is 6.10. The van der Waals surface area contributed by atoms with E-state index in [1.807, 2.05) is 6.92 Å². The van der Waals surface area contributed by atoms with Crippen molar-refractivity contribution in [1.82, 2.24) is 0 Å². The number of aliphatic hydroxyl groups excluding tert-OH is 1. The summed E-state index contributed by atoms with van der Waals surface area (Å²) in [4.78, 5) is 0. The van der Waals surface area contributed by atoms with Crippen molar-refractivity contribution < 1.29 is 5.11 Å². The third-order valence-corrected chi connectivity index (χ3v) is 2.83. The Kier molecular flexibility index (Phi) is 6.40. The number of rotatable bonds is 5. The highest BCUT2D eigenvalue weighted by atomic mass is 35.5. The second-order valence-corrected chi connectivity index (χ2v) is 3.87. The lowest BCUT2D eigenvalue weighted by atomic mass is 9.98. The molecule has 0 aromatic carbocycles. The van der Waals surface area contributed by atoms with E-state index < -0.39 is 0 Å². The van der Waals surface area contributed by atoms with Gasteiger partial charge in [-0.3, -0.25) is 0 Å². The third-order valence-electron chi connectivity index (χ3n) is 1.97. The molecule has 0 spiro atoms. The quantitative estimate of drug-likeness (QED) is 0.675. The smallest absolute Gasteiger partial charge is 0.0580 e. The first-order valence-corrected chi connectivity index (χ1v) is 4.97. The Bertz CT molecular complexity index is 98.1. The Labute approximate surface area is 78.7 Å². The van der Waals surface area contributed by atoms with E-state index in [-0.39, 0.29) is 11.5 Å². The van der Waals surface area contributed by atoms with Gasteiger partial charge in [0.05, 0.1) is 6.10 Å². The van der Waals surface area contributed by atoms with Gasteiger partial charge in [-0.1, -0.05) is 20.3 Å².